The van der Waals surface area contributed by atoms with Crippen molar-refractivity contribution in [1.29, 1.82) is 0 Å². The summed E-state index contributed by atoms with van der Waals surface area (Å²) in [6.07, 6.45) is 7.74. The van der Waals surface area contributed by atoms with Crippen LogP contribution < -0.4 is 10.6 Å². The van der Waals surface area contributed by atoms with E-state index in [1.54, 1.807) is 24.5 Å². The highest BCUT2D eigenvalue weighted by molar-refractivity contribution is 6.05. The monoisotopic (exact) mass is 470 g/mol. The minimum atomic E-state index is -0.281. The van der Waals surface area contributed by atoms with Crippen LogP contribution in [0.15, 0.2) is 67.3 Å². The SMILES string of the molecule is Cc1ccc(NC(=O)c2ccc(CN3CCN(C)CC3)cc2)cc1NC(=O)/C=C/c1cncnc1. The maximum atomic E-state index is 12.8. The second-order valence-electron chi connectivity index (χ2n) is 8.75. The van der Waals surface area contributed by atoms with Gasteiger partial charge >= 0.3 is 0 Å². The molecule has 4 rings (SSSR count). The van der Waals surface area contributed by atoms with Gasteiger partial charge in [-0.15, -0.1) is 0 Å². The van der Waals surface area contributed by atoms with E-state index in [2.05, 4.69) is 37.4 Å². The molecule has 180 valence electrons. The summed E-state index contributed by atoms with van der Waals surface area (Å²) >= 11 is 0. The van der Waals surface area contributed by atoms with E-state index >= 15 is 0 Å². The van der Waals surface area contributed by atoms with Crippen LogP contribution in [0.25, 0.3) is 6.08 Å². The Morgan fingerprint density at radius 3 is 2.40 bits per heavy atom. The highest BCUT2D eigenvalue weighted by Crippen LogP contribution is 2.21. The lowest BCUT2D eigenvalue weighted by Crippen LogP contribution is -2.43. The van der Waals surface area contributed by atoms with Crippen LogP contribution in [0.1, 0.15) is 27.0 Å². The summed E-state index contributed by atoms with van der Waals surface area (Å²) in [4.78, 5) is 37.8. The number of hydrogen-bond donors (Lipinski definition) is 2. The molecule has 2 aromatic carbocycles. The number of carbonyl (C=O) groups is 2. The molecule has 1 aliphatic rings. The Labute approximate surface area is 205 Å². The standard InChI is InChI=1S/C27H30N6O2/c1-20-3-9-24(15-25(20)31-26(34)10-6-22-16-28-19-29-17-22)30-27(35)23-7-4-21(5-8-23)18-33-13-11-32(2)12-14-33/h3-10,15-17,19H,11-14,18H2,1-2H3,(H,30,35)(H,31,34)/b10-6+. The first-order valence-corrected chi connectivity index (χ1v) is 11.6. The number of nitrogens with one attached hydrogen (secondary N) is 2. The van der Waals surface area contributed by atoms with Crippen LogP contribution in [0.2, 0.25) is 0 Å². The number of aromatic nitrogens is 2. The Kier molecular flexibility index (Phi) is 7.97. The molecule has 1 aliphatic heterocycles. The largest absolute Gasteiger partial charge is 0.322 e. The fraction of sp³-hybridized carbons (Fsp3) is 0.259. The number of nitrogens with zero attached hydrogens (tertiary/aromatic N) is 4. The third-order valence-corrected chi connectivity index (χ3v) is 5.98. The van der Waals surface area contributed by atoms with E-state index in [0.29, 0.717) is 16.9 Å². The van der Waals surface area contributed by atoms with E-state index < -0.39 is 0 Å². The first-order chi connectivity index (χ1) is 17.0. The van der Waals surface area contributed by atoms with Crippen molar-refractivity contribution >= 4 is 29.3 Å². The van der Waals surface area contributed by atoms with Gasteiger partial charge in [-0.1, -0.05) is 18.2 Å². The summed E-state index contributed by atoms with van der Waals surface area (Å²) in [5.41, 5.74) is 4.64. The number of carbonyl (C=O) groups excluding carboxylic acids is 2. The van der Waals surface area contributed by atoms with Gasteiger partial charge in [0.15, 0.2) is 0 Å². The van der Waals surface area contributed by atoms with Gasteiger partial charge in [0.1, 0.15) is 6.33 Å². The average molecular weight is 471 g/mol. The second kappa shape index (κ2) is 11.5. The Balaban J connectivity index is 1.34. The summed E-state index contributed by atoms with van der Waals surface area (Å²) in [5.74, 6) is -0.474. The van der Waals surface area contributed by atoms with Crippen LogP contribution in [0.5, 0.6) is 0 Å². The van der Waals surface area contributed by atoms with Gasteiger partial charge in [0.25, 0.3) is 5.91 Å². The van der Waals surface area contributed by atoms with Crippen LogP contribution in [0, 0.1) is 6.92 Å². The molecule has 0 bridgehead atoms. The van der Waals surface area contributed by atoms with Gasteiger partial charge in [-0.05, 0) is 55.4 Å². The molecule has 3 aromatic rings. The van der Waals surface area contributed by atoms with Crippen molar-refractivity contribution in [2.24, 2.45) is 0 Å². The zero-order valence-corrected chi connectivity index (χ0v) is 20.1. The summed E-state index contributed by atoms with van der Waals surface area (Å²) in [5, 5.41) is 5.78. The van der Waals surface area contributed by atoms with Gasteiger partial charge < -0.3 is 15.5 Å². The van der Waals surface area contributed by atoms with E-state index in [1.807, 2.05) is 43.3 Å². The third kappa shape index (κ3) is 7.05. The maximum absolute atomic E-state index is 12.8. The van der Waals surface area contributed by atoms with Crippen molar-refractivity contribution in [3.63, 3.8) is 0 Å². The molecule has 8 heteroatoms. The number of likely N-dealkylation sites (N-methyl/N-ethyl adjacent to an activating group) is 1. The zero-order valence-electron chi connectivity index (χ0n) is 20.1. The molecule has 0 radical (unpaired) electrons. The molecule has 2 amide bonds. The molecule has 0 unspecified atom stereocenters. The molecule has 1 fully saturated rings. The van der Waals surface area contributed by atoms with Gasteiger partial charge in [-0.2, -0.15) is 0 Å². The van der Waals surface area contributed by atoms with Crippen LogP contribution >= 0.6 is 0 Å². The van der Waals surface area contributed by atoms with Crippen molar-refractivity contribution in [2.75, 3.05) is 43.9 Å². The smallest absolute Gasteiger partial charge is 0.255 e. The number of hydrogen-bond acceptors (Lipinski definition) is 6. The summed E-state index contributed by atoms with van der Waals surface area (Å²) < 4.78 is 0. The second-order valence-corrected chi connectivity index (χ2v) is 8.75. The number of benzene rings is 2. The third-order valence-electron chi connectivity index (χ3n) is 5.98. The van der Waals surface area contributed by atoms with Gasteiger partial charge in [-0.25, -0.2) is 9.97 Å². The van der Waals surface area contributed by atoms with Crippen molar-refractivity contribution < 1.29 is 9.59 Å². The lowest BCUT2D eigenvalue weighted by Gasteiger charge is -2.32. The Hall–Kier alpha value is -3.88. The van der Waals surface area contributed by atoms with Crippen molar-refractivity contribution in [1.82, 2.24) is 19.8 Å². The van der Waals surface area contributed by atoms with Gasteiger partial charge in [-0.3, -0.25) is 14.5 Å². The van der Waals surface area contributed by atoms with E-state index in [-0.39, 0.29) is 11.8 Å². The van der Waals surface area contributed by atoms with Crippen LogP contribution in [-0.2, 0) is 11.3 Å². The predicted octanol–water partition coefficient (Wildman–Crippen LogP) is 3.44. The molecule has 2 N–H and O–H groups in total. The Bertz CT molecular complexity index is 1190. The molecule has 35 heavy (non-hydrogen) atoms. The minimum Gasteiger partial charge on any atom is -0.322 e. The van der Waals surface area contributed by atoms with Crippen molar-refractivity contribution in [3.8, 4) is 0 Å². The zero-order chi connectivity index (χ0) is 24.6. The topological polar surface area (TPSA) is 90.5 Å². The van der Waals surface area contributed by atoms with Crippen LogP contribution in [-0.4, -0.2) is 64.8 Å². The van der Waals surface area contributed by atoms with Gasteiger partial charge in [0.05, 0.1) is 0 Å². The molecule has 1 saturated heterocycles. The normalized spacial score (nSPS) is 14.7. The number of amides is 2. The number of rotatable bonds is 7. The molecule has 1 aromatic heterocycles. The van der Waals surface area contributed by atoms with Gasteiger partial charge in [0, 0.05) is 73.7 Å². The summed E-state index contributed by atoms with van der Waals surface area (Å²) in [7, 11) is 2.15. The van der Waals surface area contributed by atoms with Crippen molar-refractivity contribution in [3.05, 3.63) is 89.5 Å². The molecule has 0 aliphatic carbocycles. The molecular weight excluding hydrogens is 440 g/mol. The van der Waals surface area contributed by atoms with Crippen LogP contribution in [0.3, 0.4) is 0 Å². The molecule has 0 atom stereocenters. The highest BCUT2D eigenvalue weighted by atomic mass is 16.2. The molecule has 0 spiro atoms. The summed E-state index contributed by atoms with van der Waals surface area (Å²) in [6, 6.07) is 13.2. The van der Waals surface area contributed by atoms with E-state index in [1.165, 1.54) is 18.0 Å². The quantitative estimate of drug-likeness (QED) is 0.514. The number of anilines is 2. The molecule has 0 saturated carbocycles. The average Bonchev–Trinajstić information content (AvgIpc) is 2.87. The van der Waals surface area contributed by atoms with Crippen molar-refractivity contribution in [2.45, 2.75) is 13.5 Å². The fourth-order valence-corrected chi connectivity index (χ4v) is 3.81. The molecular formula is C27H30N6O2. The Morgan fingerprint density at radius 1 is 0.971 bits per heavy atom. The van der Waals surface area contributed by atoms with E-state index in [9.17, 15) is 9.59 Å². The van der Waals surface area contributed by atoms with Crippen LogP contribution in [0.4, 0.5) is 11.4 Å². The van der Waals surface area contributed by atoms with Gasteiger partial charge in [0.2, 0.25) is 5.91 Å². The predicted molar refractivity (Wildman–Crippen MR) is 138 cm³/mol. The first-order valence-electron chi connectivity index (χ1n) is 11.6. The molecule has 8 nitrogen and oxygen atoms in total. The number of aryl methyl sites for hydroxylation is 1. The minimum absolute atomic E-state index is 0.193. The first kappa shape index (κ1) is 24.3. The molecule has 2 heterocycles. The summed E-state index contributed by atoms with van der Waals surface area (Å²) in [6.45, 7) is 7.07. The van der Waals surface area contributed by atoms with E-state index in [4.69, 9.17) is 0 Å². The maximum Gasteiger partial charge on any atom is 0.255 e. The fourth-order valence-electron chi connectivity index (χ4n) is 3.81. The lowest BCUT2D eigenvalue weighted by molar-refractivity contribution is -0.111. The number of piperazine rings is 1. The van der Waals surface area contributed by atoms with E-state index in [0.717, 1.165) is 43.9 Å². The Morgan fingerprint density at radius 2 is 1.69 bits per heavy atom. The highest BCUT2D eigenvalue weighted by Gasteiger charge is 2.14. The lowest BCUT2D eigenvalue weighted by atomic mass is 10.1.